The molecule has 158 valence electrons. The molecule has 0 atom stereocenters. The number of aromatic amines is 1. The molecular formula is C20H25N7O2S. The van der Waals surface area contributed by atoms with Gasteiger partial charge in [-0.2, -0.15) is 5.21 Å². The fourth-order valence-corrected chi connectivity index (χ4v) is 5.25. The van der Waals surface area contributed by atoms with Gasteiger partial charge in [0, 0.05) is 11.8 Å². The van der Waals surface area contributed by atoms with Crippen molar-refractivity contribution in [2.24, 2.45) is 17.0 Å². The molecule has 1 aliphatic rings. The summed E-state index contributed by atoms with van der Waals surface area (Å²) in [7, 11) is -4.06. The third-order valence-electron chi connectivity index (χ3n) is 5.83. The van der Waals surface area contributed by atoms with Gasteiger partial charge in [0.2, 0.25) is 15.8 Å². The standard InChI is InChI=1S/C20H25N7O2S/c1-12-2-4-13(5-3-12)10-14-6-8-16(15-7-9-17(21)23-11-15)18(19(14)30(22,28)29)20-24-26-27-25-20/h6-9,11-13H,2-5,10H2,1H3,(H2,21,23)(H2,22,28,29)(H,24,25,26,27). The van der Waals surface area contributed by atoms with Crippen LogP contribution in [0, 0.1) is 11.8 Å². The molecule has 9 nitrogen and oxygen atoms in total. The minimum absolute atomic E-state index is 0.0526. The zero-order valence-electron chi connectivity index (χ0n) is 16.7. The normalized spacial score (nSPS) is 19.7. The number of H-pyrrole nitrogens is 1. The second kappa shape index (κ2) is 8.11. The molecule has 2 aromatic heterocycles. The molecule has 30 heavy (non-hydrogen) atoms. The number of tetrazole rings is 1. The summed E-state index contributed by atoms with van der Waals surface area (Å²) < 4.78 is 25.5. The Labute approximate surface area is 175 Å². The van der Waals surface area contributed by atoms with Crippen LogP contribution in [-0.4, -0.2) is 34.0 Å². The van der Waals surface area contributed by atoms with E-state index in [-0.39, 0.29) is 10.7 Å². The second-order valence-corrected chi connectivity index (χ2v) is 9.56. The number of nitrogen functional groups attached to an aromatic ring is 1. The van der Waals surface area contributed by atoms with Gasteiger partial charge >= 0.3 is 0 Å². The molecule has 2 heterocycles. The third-order valence-corrected chi connectivity index (χ3v) is 6.87. The quantitative estimate of drug-likeness (QED) is 0.565. The highest BCUT2D eigenvalue weighted by molar-refractivity contribution is 7.89. The fourth-order valence-electron chi connectivity index (χ4n) is 4.25. The van der Waals surface area contributed by atoms with Crippen molar-refractivity contribution in [1.29, 1.82) is 0 Å². The lowest BCUT2D eigenvalue weighted by atomic mass is 9.79. The van der Waals surface area contributed by atoms with Gasteiger partial charge in [-0.15, -0.1) is 10.2 Å². The molecule has 0 amide bonds. The summed E-state index contributed by atoms with van der Waals surface area (Å²) in [5.41, 5.74) is 8.02. The molecule has 1 saturated carbocycles. The Hall–Kier alpha value is -2.85. The van der Waals surface area contributed by atoms with Crippen molar-refractivity contribution in [3.63, 3.8) is 0 Å². The first-order valence-electron chi connectivity index (χ1n) is 9.97. The number of nitrogens with zero attached hydrogens (tertiary/aromatic N) is 4. The predicted molar refractivity (Wildman–Crippen MR) is 113 cm³/mol. The molecule has 5 N–H and O–H groups in total. The third kappa shape index (κ3) is 4.19. The van der Waals surface area contributed by atoms with Gasteiger partial charge in [0.05, 0.1) is 10.5 Å². The summed E-state index contributed by atoms with van der Waals surface area (Å²) in [5.74, 6) is 1.68. The van der Waals surface area contributed by atoms with Gasteiger partial charge in [-0.3, -0.25) is 0 Å². The number of nitrogens with two attached hydrogens (primary N) is 2. The highest BCUT2D eigenvalue weighted by Gasteiger charge is 2.28. The molecule has 4 rings (SSSR count). The molecular weight excluding hydrogens is 402 g/mol. The monoisotopic (exact) mass is 427 g/mol. The Morgan fingerprint density at radius 3 is 2.50 bits per heavy atom. The number of benzene rings is 1. The number of nitrogens with one attached hydrogen (secondary N) is 1. The Morgan fingerprint density at radius 2 is 1.90 bits per heavy atom. The van der Waals surface area contributed by atoms with Crippen LogP contribution in [0.2, 0.25) is 0 Å². The first-order chi connectivity index (χ1) is 14.3. The van der Waals surface area contributed by atoms with Gasteiger partial charge in [0.1, 0.15) is 5.82 Å². The van der Waals surface area contributed by atoms with Gasteiger partial charge in [-0.1, -0.05) is 31.9 Å². The zero-order chi connectivity index (χ0) is 21.3. The van der Waals surface area contributed by atoms with Gasteiger partial charge < -0.3 is 5.73 Å². The van der Waals surface area contributed by atoms with Crippen molar-refractivity contribution in [2.75, 3.05) is 5.73 Å². The Morgan fingerprint density at radius 1 is 1.13 bits per heavy atom. The lowest BCUT2D eigenvalue weighted by Gasteiger charge is -2.27. The van der Waals surface area contributed by atoms with Crippen molar-refractivity contribution < 1.29 is 8.42 Å². The Balaban J connectivity index is 1.88. The molecule has 1 aromatic carbocycles. The summed E-state index contributed by atoms with van der Waals surface area (Å²) in [4.78, 5) is 4.18. The smallest absolute Gasteiger partial charge is 0.239 e. The topological polar surface area (TPSA) is 154 Å². The molecule has 0 unspecified atom stereocenters. The van der Waals surface area contributed by atoms with Crippen LogP contribution in [-0.2, 0) is 16.4 Å². The van der Waals surface area contributed by atoms with Crippen LogP contribution in [0.5, 0.6) is 0 Å². The van der Waals surface area contributed by atoms with Gasteiger partial charge in [0.15, 0.2) is 0 Å². The van der Waals surface area contributed by atoms with Crippen LogP contribution in [0.1, 0.15) is 38.2 Å². The minimum atomic E-state index is -4.06. The molecule has 1 fully saturated rings. The van der Waals surface area contributed by atoms with Crippen molar-refractivity contribution >= 4 is 15.8 Å². The van der Waals surface area contributed by atoms with E-state index in [2.05, 4.69) is 32.5 Å². The van der Waals surface area contributed by atoms with E-state index in [9.17, 15) is 8.42 Å². The molecule has 10 heteroatoms. The van der Waals surface area contributed by atoms with Crippen molar-refractivity contribution in [3.05, 3.63) is 36.0 Å². The molecule has 3 aromatic rings. The van der Waals surface area contributed by atoms with E-state index >= 15 is 0 Å². The maximum atomic E-state index is 12.8. The fraction of sp³-hybridized carbons (Fsp3) is 0.400. The number of anilines is 1. The minimum Gasteiger partial charge on any atom is -0.384 e. The van der Waals surface area contributed by atoms with Crippen LogP contribution in [0.4, 0.5) is 5.82 Å². The number of pyridine rings is 1. The van der Waals surface area contributed by atoms with E-state index < -0.39 is 10.0 Å². The number of aromatic nitrogens is 5. The van der Waals surface area contributed by atoms with Crippen molar-refractivity contribution in [2.45, 2.75) is 43.9 Å². The summed E-state index contributed by atoms with van der Waals surface area (Å²) >= 11 is 0. The maximum Gasteiger partial charge on any atom is 0.239 e. The number of sulfonamides is 1. The first-order valence-corrected chi connectivity index (χ1v) is 11.5. The lowest BCUT2D eigenvalue weighted by Crippen LogP contribution is -2.20. The number of hydrogen-bond acceptors (Lipinski definition) is 7. The molecule has 0 spiro atoms. The molecule has 0 radical (unpaired) electrons. The average Bonchev–Trinajstić information content (AvgIpc) is 3.24. The Bertz CT molecular complexity index is 1120. The van der Waals surface area contributed by atoms with E-state index in [4.69, 9.17) is 10.9 Å². The van der Waals surface area contributed by atoms with Gasteiger partial charge in [0.25, 0.3) is 0 Å². The molecule has 0 aliphatic heterocycles. The highest BCUT2D eigenvalue weighted by Crippen LogP contribution is 2.39. The molecule has 0 saturated heterocycles. The summed E-state index contributed by atoms with van der Waals surface area (Å²) in [6, 6.07) is 7.14. The van der Waals surface area contributed by atoms with Crippen LogP contribution in [0.25, 0.3) is 22.5 Å². The number of rotatable bonds is 5. The maximum absolute atomic E-state index is 12.8. The SMILES string of the molecule is CC1CCC(Cc2ccc(-c3ccc(N)nc3)c(-c3nn[nH]n3)c2S(N)(=O)=O)CC1. The zero-order valence-corrected chi connectivity index (χ0v) is 17.6. The van der Waals surface area contributed by atoms with Crippen molar-refractivity contribution in [1.82, 2.24) is 25.6 Å². The molecule has 0 bridgehead atoms. The second-order valence-electron chi connectivity index (χ2n) is 8.06. The number of hydrogen-bond donors (Lipinski definition) is 3. The van der Waals surface area contributed by atoms with Crippen molar-refractivity contribution in [3.8, 4) is 22.5 Å². The van der Waals surface area contributed by atoms with Crippen LogP contribution in [0.15, 0.2) is 35.4 Å². The predicted octanol–water partition coefficient (Wildman–Crippen LogP) is 2.53. The van der Waals surface area contributed by atoms with Gasteiger partial charge in [-0.05, 0) is 59.6 Å². The lowest BCUT2D eigenvalue weighted by molar-refractivity contribution is 0.288. The summed E-state index contributed by atoms with van der Waals surface area (Å²) in [5, 5.41) is 19.8. The number of primary sulfonamides is 1. The Kier molecular flexibility index (Phi) is 5.52. The van der Waals surface area contributed by atoms with E-state index in [1.807, 2.05) is 12.1 Å². The van der Waals surface area contributed by atoms with Crippen LogP contribution < -0.4 is 10.9 Å². The van der Waals surface area contributed by atoms with E-state index in [1.54, 1.807) is 18.3 Å². The average molecular weight is 428 g/mol. The highest BCUT2D eigenvalue weighted by atomic mass is 32.2. The van der Waals surface area contributed by atoms with E-state index in [0.717, 1.165) is 25.7 Å². The van der Waals surface area contributed by atoms with E-state index in [0.29, 0.717) is 46.3 Å². The molecule has 1 aliphatic carbocycles. The first kappa shape index (κ1) is 20.4. The van der Waals surface area contributed by atoms with Crippen LogP contribution in [0.3, 0.4) is 0 Å². The van der Waals surface area contributed by atoms with E-state index in [1.165, 1.54) is 0 Å². The van der Waals surface area contributed by atoms with Gasteiger partial charge in [-0.25, -0.2) is 18.5 Å². The summed E-state index contributed by atoms with van der Waals surface area (Å²) in [6.45, 7) is 2.26. The van der Waals surface area contributed by atoms with Crippen LogP contribution >= 0.6 is 0 Å². The summed E-state index contributed by atoms with van der Waals surface area (Å²) in [6.07, 6.45) is 6.69. The largest absolute Gasteiger partial charge is 0.384 e.